The fourth-order valence-corrected chi connectivity index (χ4v) is 11.1. The minimum Gasteiger partial charge on any atom is -0.144 e. The number of fused-ring (bicyclic) bond motifs is 7. The van der Waals surface area contributed by atoms with Gasteiger partial charge in [0.15, 0.2) is 0 Å². The smallest absolute Gasteiger partial charge is 0.0434 e. The Bertz CT molecular complexity index is 3030. The summed E-state index contributed by atoms with van der Waals surface area (Å²) >= 11 is 3.79. The van der Waals surface area contributed by atoms with Crippen molar-refractivity contribution in [2.75, 3.05) is 0 Å². The largest absolute Gasteiger partial charge is 0.144 e. The lowest BCUT2D eigenvalue weighted by molar-refractivity contribution is 0.945. The van der Waals surface area contributed by atoms with Crippen LogP contribution in [0.3, 0.4) is 0 Å². The van der Waals surface area contributed by atoms with E-state index < -0.39 is 0 Å². The van der Waals surface area contributed by atoms with Crippen molar-refractivity contribution in [3.05, 3.63) is 178 Å². The molecule has 0 fully saturated rings. The monoisotopic (exact) mass is 696 g/mol. The molecule has 0 nitrogen and oxygen atoms in total. The third-order valence-electron chi connectivity index (χ3n) is 11.1. The second kappa shape index (κ2) is 11.9. The highest BCUT2D eigenvalue weighted by Crippen LogP contribution is 2.47. The van der Waals surface area contributed by atoms with Crippen LogP contribution < -0.4 is 9.75 Å². The third kappa shape index (κ3) is 4.45. The van der Waals surface area contributed by atoms with Crippen LogP contribution in [0.5, 0.6) is 0 Å². The number of rotatable bonds is 4. The van der Waals surface area contributed by atoms with Crippen molar-refractivity contribution in [2.24, 2.45) is 0 Å². The van der Waals surface area contributed by atoms with Crippen molar-refractivity contribution < 1.29 is 0 Å². The van der Waals surface area contributed by atoms with Crippen molar-refractivity contribution in [2.45, 2.75) is 12.3 Å². The van der Waals surface area contributed by atoms with E-state index in [1.54, 1.807) is 0 Å². The van der Waals surface area contributed by atoms with Gasteiger partial charge in [0.25, 0.3) is 0 Å². The molecule has 0 N–H and O–H groups in total. The van der Waals surface area contributed by atoms with Crippen LogP contribution in [0, 0.1) is 0 Å². The lowest BCUT2D eigenvalue weighted by Crippen LogP contribution is -2.23. The van der Waals surface area contributed by atoms with Gasteiger partial charge in [-0.05, 0) is 88.4 Å². The number of hydrogen-bond donors (Lipinski definition) is 0. The van der Waals surface area contributed by atoms with Gasteiger partial charge in [-0.3, -0.25) is 0 Å². The maximum atomic E-state index is 2.58. The Hall–Kier alpha value is -5.80. The highest BCUT2D eigenvalue weighted by atomic mass is 32.1. The van der Waals surface area contributed by atoms with E-state index in [2.05, 4.69) is 175 Å². The minimum absolute atomic E-state index is 0.281. The molecule has 0 radical (unpaired) electrons. The van der Waals surface area contributed by atoms with Gasteiger partial charge in [-0.2, -0.15) is 0 Å². The molecule has 2 heteroatoms. The van der Waals surface area contributed by atoms with E-state index in [0.29, 0.717) is 0 Å². The number of benzene rings is 8. The summed E-state index contributed by atoms with van der Waals surface area (Å²) in [7, 11) is 0. The van der Waals surface area contributed by atoms with Gasteiger partial charge in [0.05, 0.1) is 0 Å². The van der Waals surface area contributed by atoms with Crippen LogP contribution >= 0.6 is 22.7 Å². The lowest BCUT2D eigenvalue weighted by Gasteiger charge is -2.21. The van der Waals surface area contributed by atoms with E-state index >= 15 is 0 Å². The molecule has 0 bridgehead atoms. The van der Waals surface area contributed by atoms with Crippen LogP contribution in [0.25, 0.3) is 98.0 Å². The molecule has 1 unspecified atom stereocenters. The first-order valence-electron chi connectivity index (χ1n) is 18.0. The molecule has 0 spiro atoms. The summed E-state index contributed by atoms with van der Waals surface area (Å²) in [6, 6.07) is 58.4. The molecule has 0 saturated carbocycles. The Balaban J connectivity index is 1.16. The molecule has 2 heterocycles. The van der Waals surface area contributed by atoms with E-state index in [0.717, 1.165) is 6.42 Å². The Kier molecular flexibility index (Phi) is 6.83. The standard InChI is InChI=1S/C50H32S2/c1-2-14-31(15-3-1)46-34-16-4-8-20-38(34)48(39-21-9-5-17-35(39)46)43-25-12-24-42-33-28-27-32(30-45(33)52-50(42)43)47-36-18-6-10-22-40(36)49(44-26-13-29-51-44)41-23-11-7-19-37(41)47/h1-26,28-30,32H,27H2. The first-order chi connectivity index (χ1) is 25.8. The summed E-state index contributed by atoms with van der Waals surface area (Å²) < 4.78 is 2.75. The highest BCUT2D eigenvalue weighted by Gasteiger charge is 2.23. The number of hydrogen-bond acceptors (Lipinski definition) is 2. The first-order valence-corrected chi connectivity index (χ1v) is 19.7. The molecule has 10 aromatic rings. The van der Waals surface area contributed by atoms with Crippen molar-refractivity contribution in [3.63, 3.8) is 0 Å². The summed E-state index contributed by atoms with van der Waals surface area (Å²) in [4.78, 5) is 1.33. The van der Waals surface area contributed by atoms with Crippen LogP contribution in [0.15, 0.2) is 163 Å². The molecular weight excluding hydrogens is 665 g/mol. The summed E-state index contributed by atoms with van der Waals surface area (Å²) in [6.07, 6.45) is 6.08. The van der Waals surface area contributed by atoms with Crippen LogP contribution in [-0.4, -0.2) is 0 Å². The third-order valence-corrected chi connectivity index (χ3v) is 13.2. The van der Waals surface area contributed by atoms with Crippen LogP contribution in [0.2, 0.25) is 0 Å². The predicted molar refractivity (Wildman–Crippen MR) is 228 cm³/mol. The Morgan fingerprint density at radius 1 is 0.442 bits per heavy atom. The van der Waals surface area contributed by atoms with Gasteiger partial charge in [0.2, 0.25) is 0 Å². The van der Waals surface area contributed by atoms with Gasteiger partial charge in [-0.25, -0.2) is 0 Å². The lowest BCUT2D eigenvalue weighted by atomic mass is 9.82. The summed E-state index contributed by atoms with van der Waals surface area (Å²) in [5.41, 5.74) is 8.01. The molecule has 244 valence electrons. The Labute approximate surface area is 309 Å². The van der Waals surface area contributed by atoms with E-state index in [1.807, 2.05) is 22.7 Å². The molecular formula is C50H32S2. The van der Waals surface area contributed by atoms with Crippen LogP contribution in [-0.2, 0) is 0 Å². The van der Waals surface area contributed by atoms with E-state index in [1.165, 1.54) is 101 Å². The maximum absolute atomic E-state index is 2.58. The van der Waals surface area contributed by atoms with Crippen molar-refractivity contribution in [1.82, 2.24) is 0 Å². The zero-order valence-corrected chi connectivity index (χ0v) is 30.0. The van der Waals surface area contributed by atoms with Crippen LogP contribution in [0.4, 0.5) is 0 Å². The molecule has 0 aliphatic heterocycles. The van der Waals surface area contributed by atoms with Crippen molar-refractivity contribution in [1.29, 1.82) is 0 Å². The molecule has 52 heavy (non-hydrogen) atoms. The Morgan fingerprint density at radius 3 is 1.58 bits per heavy atom. The average Bonchev–Trinajstić information content (AvgIpc) is 3.88. The quantitative estimate of drug-likeness (QED) is 0.161. The van der Waals surface area contributed by atoms with Crippen molar-refractivity contribution in [3.8, 4) is 32.7 Å². The van der Waals surface area contributed by atoms with E-state index in [9.17, 15) is 0 Å². The number of thiophene rings is 2. The van der Waals surface area contributed by atoms with Crippen molar-refractivity contribution >= 4 is 88.0 Å². The molecule has 8 aromatic carbocycles. The van der Waals surface area contributed by atoms with Gasteiger partial charge < -0.3 is 0 Å². The molecule has 11 rings (SSSR count). The molecule has 1 atom stereocenters. The SMILES string of the molecule is C1=c2sc3c(-c4c5ccccc5c(-c5ccccc5)c5ccccc45)cccc3c2=CCC1c1c2ccccc2c(-c2cccs2)c2ccccc12. The average molecular weight is 697 g/mol. The first kappa shape index (κ1) is 29.9. The van der Waals surface area contributed by atoms with Gasteiger partial charge in [0, 0.05) is 36.5 Å². The zero-order valence-electron chi connectivity index (χ0n) is 28.3. The fraction of sp³-hybridized carbons (Fsp3) is 0.0400. The van der Waals surface area contributed by atoms with Gasteiger partial charge in [0.1, 0.15) is 0 Å². The summed E-state index contributed by atoms with van der Waals surface area (Å²) in [6.45, 7) is 0. The molecule has 1 aliphatic carbocycles. The maximum Gasteiger partial charge on any atom is 0.0434 e. The summed E-state index contributed by atoms with van der Waals surface area (Å²) in [5.74, 6) is 0.281. The van der Waals surface area contributed by atoms with E-state index in [-0.39, 0.29) is 5.92 Å². The second-order valence-corrected chi connectivity index (χ2v) is 15.8. The molecule has 2 aromatic heterocycles. The topological polar surface area (TPSA) is 0 Å². The molecule has 0 saturated heterocycles. The van der Waals surface area contributed by atoms with Gasteiger partial charge in [-0.1, -0.05) is 164 Å². The molecule has 1 aliphatic rings. The molecule has 0 amide bonds. The Morgan fingerprint density at radius 2 is 0.981 bits per heavy atom. The second-order valence-electron chi connectivity index (χ2n) is 13.8. The minimum atomic E-state index is 0.281. The predicted octanol–water partition coefficient (Wildman–Crippen LogP) is 13.3. The van der Waals surface area contributed by atoms with Gasteiger partial charge in [-0.15, -0.1) is 22.7 Å². The highest BCUT2D eigenvalue weighted by molar-refractivity contribution is 7.17. The van der Waals surface area contributed by atoms with Crippen LogP contribution in [0.1, 0.15) is 17.9 Å². The zero-order chi connectivity index (χ0) is 34.2. The van der Waals surface area contributed by atoms with E-state index in [4.69, 9.17) is 0 Å². The summed E-state index contributed by atoms with van der Waals surface area (Å²) in [5, 5.41) is 15.5. The van der Waals surface area contributed by atoms with Gasteiger partial charge >= 0.3 is 0 Å². The normalized spacial score (nSPS) is 14.2. The fourth-order valence-electron chi connectivity index (χ4n) is 8.97.